The fourth-order valence-corrected chi connectivity index (χ4v) is 2.80. The van der Waals surface area contributed by atoms with E-state index in [-0.39, 0.29) is 5.91 Å². The molecule has 0 atom stereocenters. The van der Waals surface area contributed by atoms with Crippen molar-refractivity contribution in [1.29, 1.82) is 0 Å². The lowest BCUT2D eigenvalue weighted by Gasteiger charge is -2.02. The number of nitrogens with zero attached hydrogens (tertiary/aromatic N) is 3. The van der Waals surface area contributed by atoms with Crippen LogP contribution in [0.15, 0.2) is 64.2 Å². The number of carbonyl (C=O) groups excluding carboxylic acids is 1. The number of halogens is 2. The zero-order valence-corrected chi connectivity index (χ0v) is 15.6. The van der Waals surface area contributed by atoms with Gasteiger partial charge >= 0.3 is 0 Å². The minimum atomic E-state index is -0.298. The second-order valence-corrected chi connectivity index (χ2v) is 6.52. The van der Waals surface area contributed by atoms with E-state index in [1.54, 1.807) is 28.9 Å². The Morgan fingerprint density at radius 3 is 2.56 bits per heavy atom. The Bertz CT molecular complexity index is 920. The highest BCUT2D eigenvalue weighted by atomic mass is 79.9. The maximum atomic E-state index is 12.0. The molecule has 1 aromatic heterocycles. The Hall–Kier alpha value is -2.44. The first-order chi connectivity index (χ1) is 12.1. The zero-order valence-electron chi connectivity index (χ0n) is 13.3. The van der Waals surface area contributed by atoms with Crippen molar-refractivity contribution in [2.75, 3.05) is 0 Å². The fraction of sp³-hybridized carbons (Fsp3) is 0.0556. The number of aromatic nitrogens is 2. The normalized spacial score (nSPS) is 11.0. The van der Waals surface area contributed by atoms with Crippen LogP contribution in [0.1, 0.15) is 21.6 Å². The molecule has 0 aliphatic rings. The molecule has 126 valence electrons. The molecular formula is C18H14BrClN4O. The summed E-state index contributed by atoms with van der Waals surface area (Å²) in [5, 5.41) is 8.85. The molecular weight excluding hydrogens is 404 g/mol. The van der Waals surface area contributed by atoms with Crippen molar-refractivity contribution in [3.8, 4) is 5.69 Å². The Balaban J connectivity index is 1.77. The predicted octanol–water partition coefficient (Wildman–Crippen LogP) is 4.36. The Morgan fingerprint density at radius 2 is 1.88 bits per heavy atom. The molecule has 1 heterocycles. The van der Waals surface area contributed by atoms with Gasteiger partial charge in [-0.2, -0.15) is 10.2 Å². The minimum Gasteiger partial charge on any atom is -0.267 e. The van der Waals surface area contributed by atoms with Crippen LogP contribution in [0.3, 0.4) is 0 Å². The summed E-state index contributed by atoms with van der Waals surface area (Å²) in [5.41, 5.74) is 5.23. The van der Waals surface area contributed by atoms with E-state index in [1.165, 1.54) is 6.21 Å². The van der Waals surface area contributed by atoms with Crippen LogP contribution in [0.2, 0.25) is 5.15 Å². The third-order valence-electron chi connectivity index (χ3n) is 3.51. The van der Waals surface area contributed by atoms with Gasteiger partial charge in [0, 0.05) is 10.0 Å². The monoisotopic (exact) mass is 416 g/mol. The molecule has 0 aliphatic carbocycles. The van der Waals surface area contributed by atoms with Gasteiger partial charge in [0.2, 0.25) is 0 Å². The molecule has 0 saturated carbocycles. The van der Waals surface area contributed by atoms with Crippen molar-refractivity contribution in [1.82, 2.24) is 15.2 Å². The Kier molecular flexibility index (Phi) is 5.31. The molecule has 2 aromatic carbocycles. The first kappa shape index (κ1) is 17.4. The van der Waals surface area contributed by atoms with Gasteiger partial charge in [0.1, 0.15) is 5.15 Å². The molecule has 1 amide bonds. The van der Waals surface area contributed by atoms with Crippen molar-refractivity contribution in [2.24, 2.45) is 5.10 Å². The molecule has 0 unspecified atom stereocenters. The zero-order chi connectivity index (χ0) is 17.8. The molecule has 1 N–H and O–H groups in total. The third-order valence-corrected chi connectivity index (χ3v) is 4.41. The average Bonchev–Trinajstić information content (AvgIpc) is 2.91. The highest BCUT2D eigenvalue weighted by Gasteiger charge is 2.13. The average molecular weight is 418 g/mol. The number of nitrogens with one attached hydrogen (secondary N) is 1. The summed E-state index contributed by atoms with van der Waals surface area (Å²) in [4.78, 5) is 12.0. The van der Waals surface area contributed by atoms with E-state index in [4.69, 9.17) is 11.6 Å². The summed E-state index contributed by atoms with van der Waals surface area (Å²) in [6, 6.07) is 16.6. The number of aryl methyl sites for hydroxylation is 1. The number of hydrazone groups is 1. The van der Waals surface area contributed by atoms with Crippen LogP contribution in [-0.4, -0.2) is 21.9 Å². The van der Waals surface area contributed by atoms with Crippen LogP contribution in [0.4, 0.5) is 0 Å². The minimum absolute atomic E-state index is 0.298. The fourth-order valence-electron chi connectivity index (χ4n) is 2.22. The van der Waals surface area contributed by atoms with Crippen LogP contribution >= 0.6 is 27.5 Å². The third kappa shape index (κ3) is 3.97. The van der Waals surface area contributed by atoms with E-state index >= 15 is 0 Å². The molecule has 0 saturated heterocycles. The summed E-state index contributed by atoms with van der Waals surface area (Å²) in [6.07, 6.45) is 1.50. The molecule has 0 bridgehead atoms. The quantitative estimate of drug-likeness (QED) is 0.506. The first-order valence-corrected chi connectivity index (χ1v) is 8.63. The van der Waals surface area contributed by atoms with Gasteiger partial charge in [-0.3, -0.25) is 4.79 Å². The van der Waals surface area contributed by atoms with Gasteiger partial charge in [-0.15, -0.1) is 0 Å². The summed E-state index contributed by atoms with van der Waals surface area (Å²) in [6.45, 7) is 1.84. The van der Waals surface area contributed by atoms with E-state index in [9.17, 15) is 4.79 Å². The van der Waals surface area contributed by atoms with E-state index in [0.29, 0.717) is 16.3 Å². The number of hydrogen-bond acceptors (Lipinski definition) is 3. The molecule has 25 heavy (non-hydrogen) atoms. The number of amides is 1. The second kappa shape index (κ2) is 7.63. The van der Waals surface area contributed by atoms with Gasteiger partial charge in [0.25, 0.3) is 5.91 Å². The van der Waals surface area contributed by atoms with Gasteiger partial charge in [-0.05, 0) is 43.3 Å². The van der Waals surface area contributed by atoms with Crippen LogP contribution in [0.5, 0.6) is 0 Å². The molecule has 3 aromatic rings. The second-order valence-electron chi connectivity index (χ2n) is 5.24. The summed E-state index contributed by atoms with van der Waals surface area (Å²) in [5.74, 6) is -0.298. The number of para-hydroxylation sites is 1. The highest BCUT2D eigenvalue weighted by molar-refractivity contribution is 9.10. The van der Waals surface area contributed by atoms with Crippen molar-refractivity contribution in [3.63, 3.8) is 0 Å². The largest absolute Gasteiger partial charge is 0.271 e. The maximum Gasteiger partial charge on any atom is 0.271 e. The Morgan fingerprint density at radius 1 is 1.20 bits per heavy atom. The van der Waals surface area contributed by atoms with Crippen LogP contribution in [-0.2, 0) is 0 Å². The molecule has 3 rings (SSSR count). The van der Waals surface area contributed by atoms with Crippen LogP contribution < -0.4 is 5.43 Å². The number of carbonyl (C=O) groups is 1. The van der Waals surface area contributed by atoms with Gasteiger partial charge in [0.05, 0.1) is 23.2 Å². The van der Waals surface area contributed by atoms with E-state index < -0.39 is 0 Å². The van der Waals surface area contributed by atoms with Gasteiger partial charge in [-0.25, -0.2) is 10.1 Å². The van der Waals surface area contributed by atoms with Crippen molar-refractivity contribution < 1.29 is 4.79 Å². The topological polar surface area (TPSA) is 59.3 Å². The summed E-state index contributed by atoms with van der Waals surface area (Å²) >= 11 is 9.74. The molecule has 5 nitrogen and oxygen atoms in total. The molecule has 0 radical (unpaired) electrons. The van der Waals surface area contributed by atoms with Crippen LogP contribution in [0.25, 0.3) is 5.69 Å². The van der Waals surface area contributed by atoms with Crippen molar-refractivity contribution in [2.45, 2.75) is 6.92 Å². The lowest BCUT2D eigenvalue weighted by Crippen LogP contribution is -2.17. The van der Waals surface area contributed by atoms with Gasteiger partial charge in [0.15, 0.2) is 0 Å². The van der Waals surface area contributed by atoms with Gasteiger partial charge in [-0.1, -0.05) is 45.7 Å². The van der Waals surface area contributed by atoms with Gasteiger partial charge < -0.3 is 0 Å². The predicted molar refractivity (Wildman–Crippen MR) is 103 cm³/mol. The van der Waals surface area contributed by atoms with Crippen molar-refractivity contribution in [3.05, 3.63) is 81.0 Å². The molecule has 7 heteroatoms. The lowest BCUT2D eigenvalue weighted by atomic mass is 10.2. The lowest BCUT2D eigenvalue weighted by molar-refractivity contribution is 0.0955. The Labute approximate surface area is 158 Å². The first-order valence-electron chi connectivity index (χ1n) is 7.46. The van der Waals surface area contributed by atoms with Crippen LogP contribution in [0, 0.1) is 6.92 Å². The van der Waals surface area contributed by atoms with E-state index in [0.717, 1.165) is 15.9 Å². The van der Waals surface area contributed by atoms with Crippen molar-refractivity contribution >= 4 is 39.7 Å². The molecule has 0 fully saturated rings. The SMILES string of the molecule is Cc1nn(-c2ccccc2)c(Cl)c1/C=N/NC(=O)c1ccc(Br)cc1. The molecule has 0 aliphatic heterocycles. The van der Waals surface area contributed by atoms with E-state index in [2.05, 4.69) is 31.6 Å². The smallest absolute Gasteiger partial charge is 0.267 e. The molecule has 0 spiro atoms. The standard InChI is InChI=1S/C18H14BrClN4O/c1-12-16(17(20)24(23-12)15-5-3-2-4-6-15)11-21-22-18(25)13-7-9-14(19)10-8-13/h2-11H,1H3,(H,22,25)/b21-11+. The summed E-state index contributed by atoms with van der Waals surface area (Å²) < 4.78 is 2.54. The maximum absolute atomic E-state index is 12.0. The number of benzene rings is 2. The summed E-state index contributed by atoms with van der Waals surface area (Å²) in [7, 11) is 0. The number of rotatable bonds is 4. The van der Waals surface area contributed by atoms with E-state index in [1.807, 2.05) is 37.3 Å². The highest BCUT2D eigenvalue weighted by Crippen LogP contribution is 2.21. The number of hydrogen-bond donors (Lipinski definition) is 1.